The molecule has 1 aromatic carbocycles. The van der Waals surface area contributed by atoms with E-state index >= 15 is 0 Å². The summed E-state index contributed by atoms with van der Waals surface area (Å²) in [5.41, 5.74) is 7.29. The van der Waals surface area contributed by atoms with E-state index in [0.29, 0.717) is 6.54 Å². The Bertz CT molecular complexity index is 403. The van der Waals surface area contributed by atoms with Crippen molar-refractivity contribution in [1.82, 2.24) is 4.90 Å². The summed E-state index contributed by atoms with van der Waals surface area (Å²) in [6, 6.07) is 8.15. The minimum absolute atomic E-state index is 0.0547. The lowest BCUT2D eigenvalue weighted by Crippen LogP contribution is -2.54. The van der Waals surface area contributed by atoms with Crippen molar-refractivity contribution in [3.05, 3.63) is 29.8 Å². The van der Waals surface area contributed by atoms with Crippen molar-refractivity contribution in [1.29, 1.82) is 0 Å². The van der Waals surface area contributed by atoms with Crippen LogP contribution in [0.15, 0.2) is 24.3 Å². The molecule has 1 saturated heterocycles. The normalized spacial score (nSPS) is 18.5. The van der Waals surface area contributed by atoms with Gasteiger partial charge in [0.15, 0.2) is 0 Å². The van der Waals surface area contributed by atoms with Crippen molar-refractivity contribution in [3.63, 3.8) is 0 Å². The molecule has 1 heterocycles. The molecule has 4 heteroatoms. The van der Waals surface area contributed by atoms with Crippen molar-refractivity contribution >= 4 is 0 Å². The minimum Gasteiger partial charge on any atom is -0.496 e. The predicted molar refractivity (Wildman–Crippen MR) is 76.3 cm³/mol. The summed E-state index contributed by atoms with van der Waals surface area (Å²) in [7, 11) is 3.86. The van der Waals surface area contributed by atoms with E-state index in [1.165, 1.54) is 5.56 Å². The highest BCUT2D eigenvalue weighted by atomic mass is 16.5. The fourth-order valence-corrected chi connectivity index (χ4v) is 2.75. The first-order valence-electron chi connectivity index (χ1n) is 6.83. The average molecular weight is 264 g/mol. The molecule has 0 aliphatic carbocycles. The van der Waals surface area contributed by atoms with E-state index in [4.69, 9.17) is 15.2 Å². The first-order valence-corrected chi connectivity index (χ1v) is 6.83. The molecule has 19 heavy (non-hydrogen) atoms. The van der Waals surface area contributed by atoms with Crippen molar-refractivity contribution in [3.8, 4) is 5.75 Å². The van der Waals surface area contributed by atoms with E-state index < -0.39 is 0 Å². The highest BCUT2D eigenvalue weighted by Crippen LogP contribution is 2.29. The van der Waals surface area contributed by atoms with Crippen molar-refractivity contribution in [2.24, 2.45) is 5.73 Å². The van der Waals surface area contributed by atoms with Crippen LogP contribution < -0.4 is 10.5 Å². The smallest absolute Gasteiger partial charge is 0.123 e. The number of rotatable bonds is 5. The van der Waals surface area contributed by atoms with E-state index in [-0.39, 0.29) is 5.54 Å². The summed E-state index contributed by atoms with van der Waals surface area (Å²) in [6.45, 7) is 3.12. The number of hydrogen-bond donors (Lipinski definition) is 1. The van der Waals surface area contributed by atoms with Gasteiger partial charge in [0, 0.05) is 37.4 Å². The molecule has 4 nitrogen and oxygen atoms in total. The third kappa shape index (κ3) is 3.08. The molecule has 0 aromatic heterocycles. The number of benzene rings is 1. The molecule has 0 radical (unpaired) electrons. The molecular weight excluding hydrogens is 240 g/mol. The Kier molecular flexibility index (Phi) is 4.80. The van der Waals surface area contributed by atoms with Crippen LogP contribution in [0.25, 0.3) is 0 Å². The molecule has 0 saturated carbocycles. The van der Waals surface area contributed by atoms with Gasteiger partial charge in [0.2, 0.25) is 0 Å². The zero-order valence-electron chi connectivity index (χ0n) is 11.9. The summed E-state index contributed by atoms with van der Waals surface area (Å²) < 4.78 is 10.9. The highest BCUT2D eigenvalue weighted by Gasteiger charge is 2.35. The fraction of sp³-hybridized carbons (Fsp3) is 0.600. The van der Waals surface area contributed by atoms with Crippen LogP contribution in [0, 0.1) is 0 Å². The maximum absolute atomic E-state index is 6.03. The Morgan fingerprint density at radius 3 is 2.63 bits per heavy atom. The van der Waals surface area contributed by atoms with Crippen LogP contribution in [-0.4, -0.2) is 44.4 Å². The predicted octanol–water partition coefficient (Wildman–Crippen LogP) is 1.63. The third-order valence-corrected chi connectivity index (χ3v) is 4.21. The van der Waals surface area contributed by atoms with E-state index in [1.807, 2.05) is 18.2 Å². The first-order chi connectivity index (χ1) is 9.22. The van der Waals surface area contributed by atoms with E-state index in [2.05, 4.69) is 18.0 Å². The van der Waals surface area contributed by atoms with Crippen molar-refractivity contribution in [2.75, 3.05) is 33.9 Å². The van der Waals surface area contributed by atoms with Gasteiger partial charge in [-0.15, -0.1) is 0 Å². The maximum atomic E-state index is 6.03. The second kappa shape index (κ2) is 6.37. The molecule has 1 aliphatic heterocycles. The molecule has 0 amide bonds. The molecule has 0 spiro atoms. The van der Waals surface area contributed by atoms with Crippen LogP contribution >= 0.6 is 0 Å². The van der Waals surface area contributed by atoms with Crippen LogP contribution in [-0.2, 0) is 11.3 Å². The van der Waals surface area contributed by atoms with E-state index in [1.54, 1.807) is 7.11 Å². The van der Waals surface area contributed by atoms with Gasteiger partial charge in [-0.2, -0.15) is 0 Å². The number of ether oxygens (including phenoxy) is 2. The lowest BCUT2D eigenvalue weighted by atomic mass is 9.88. The van der Waals surface area contributed by atoms with E-state index in [9.17, 15) is 0 Å². The maximum Gasteiger partial charge on any atom is 0.123 e. The van der Waals surface area contributed by atoms with Gasteiger partial charge in [-0.05, 0) is 26.0 Å². The standard InChI is InChI=1S/C15H24N2O2/c1-17(15(12-16)7-9-19-10-8-15)11-13-5-3-4-6-14(13)18-2/h3-6H,7-12,16H2,1-2H3. The van der Waals surface area contributed by atoms with Crippen LogP contribution in [0.3, 0.4) is 0 Å². The Morgan fingerprint density at radius 1 is 1.32 bits per heavy atom. The molecule has 2 rings (SSSR count). The molecule has 1 fully saturated rings. The monoisotopic (exact) mass is 264 g/mol. The van der Waals surface area contributed by atoms with Gasteiger partial charge in [0.05, 0.1) is 7.11 Å². The highest BCUT2D eigenvalue weighted by molar-refractivity contribution is 5.33. The van der Waals surface area contributed by atoms with Crippen molar-refractivity contribution < 1.29 is 9.47 Å². The lowest BCUT2D eigenvalue weighted by Gasteiger charge is -2.44. The van der Waals surface area contributed by atoms with Gasteiger partial charge in [-0.3, -0.25) is 4.90 Å². The summed E-state index contributed by atoms with van der Waals surface area (Å²) >= 11 is 0. The summed E-state index contributed by atoms with van der Waals surface area (Å²) in [5, 5.41) is 0. The summed E-state index contributed by atoms with van der Waals surface area (Å²) in [6.07, 6.45) is 1.99. The molecule has 0 unspecified atom stereocenters. The third-order valence-electron chi connectivity index (χ3n) is 4.21. The van der Waals surface area contributed by atoms with Gasteiger partial charge >= 0.3 is 0 Å². The largest absolute Gasteiger partial charge is 0.496 e. The Morgan fingerprint density at radius 2 is 2.00 bits per heavy atom. The van der Waals surface area contributed by atoms with Gasteiger partial charge in [-0.25, -0.2) is 0 Å². The van der Waals surface area contributed by atoms with Crippen molar-refractivity contribution in [2.45, 2.75) is 24.9 Å². The SMILES string of the molecule is COc1ccccc1CN(C)C1(CN)CCOCC1. The zero-order chi connectivity index (χ0) is 13.7. The number of hydrogen-bond acceptors (Lipinski definition) is 4. The molecule has 1 aromatic rings. The van der Waals surface area contributed by atoms with Crippen LogP contribution in [0.1, 0.15) is 18.4 Å². The average Bonchev–Trinajstić information content (AvgIpc) is 2.48. The molecule has 1 aliphatic rings. The zero-order valence-corrected chi connectivity index (χ0v) is 11.9. The summed E-state index contributed by atoms with van der Waals surface area (Å²) in [5.74, 6) is 0.939. The number of methoxy groups -OCH3 is 1. The van der Waals surface area contributed by atoms with Gasteiger partial charge < -0.3 is 15.2 Å². The number of nitrogens with two attached hydrogens (primary N) is 1. The summed E-state index contributed by atoms with van der Waals surface area (Å²) in [4.78, 5) is 2.35. The topological polar surface area (TPSA) is 47.7 Å². The first kappa shape index (κ1) is 14.3. The van der Waals surface area contributed by atoms with Gasteiger partial charge in [0.25, 0.3) is 0 Å². The quantitative estimate of drug-likeness (QED) is 0.878. The van der Waals surface area contributed by atoms with Crippen LogP contribution in [0.5, 0.6) is 5.75 Å². The Balaban J connectivity index is 2.12. The molecule has 106 valence electrons. The van der Waals surface area contributed by atoms with Crippen LogP contribution in [0.4, 0.5) is 0 Å². The molecule has 2 N–H and O–H groups in total. The molecule has 0 atom stereocenters. The van der Waals surface area contributed by atoms with Gasteiger partial charge in [0.1, 0.15) is 5.75 Å². The lowest BCUT2D eigenvalue weighted by molar-refractivity contribution is -0.0165. The minimum atomic E-state index is 0.0547. The number of nitrogens with zero attached hydrogens (tertiary/aromatic N) is 1. The second-order valence-corrected chi connectivity index (χ2v) is 5.21. The molecular formula is C15H24N2O2. The van der Waals surface area contributed by atoms with Gasteiger partial charge in [-0.1, -0.05) is 18.2 Å². The fourth-order valence-electron chi connectivity index (χ4n) is 2.75. The number of para-hydroxylation sites is 1. The molecule has 0 bridgehead atoms. The second-order valence-electron chi connectivity index (χ2n) is 5.21. The Labute approximate surface area is 115 Å². The number of likely N-dealkylation sites (N-methyl/N-ethyl adjacent to an activating group) is 1. The Hall–Kier alpha value is -1.10. The van der Waals surface area contributed by atoms with E-state index in [0.717, 1.165) is 38.3 Å². The van der Waals surface area contributed by atoms with Crippen LogP contribution in [0.2, 0.25) is 0 Å².